The highest BCUT2D eigenvalue weighted by molar-refractivity contribution is 5.18. The zero-order valence-corrected chi connectivity index (χ0v) is 10.0. The van der Waals surface area contributed by atoms with Gasteiger partial charge in [-0.15, -0.1) is 0 Å². The largest absolute Gasteiger partial charge is 0.314 e. The van der Waals surface area contributed by atoms with Gasteiger partial charge in [0.1, 0.15) is 0 Å². The number of hydrogen-bond donors (Lipinski definition) is 1. The van der Waals surface area contributed by atoms with E-state index < -0.39 is 0 Å². The number of nitrogens with one attached hydrogen (secondary N) is 1. The standard InChI is InChI=1S/C13H21N3/c1-2-7-16-13(5-6-15-16)12-8-10(12)9-14-11-3-4-11/h5-6,10-12,14H,2-4,7-9H2,1H3. The molecule has 16 heavy (non-hydrogen) atoms. The molecule has 0 amide bonds. The van der Waals surface area contributed by atoms with Crippen molar-refractivity contribution >= 4 is 0 Å². The summed E-state index contributed by atoms with van der Waals surface area (Å²) < 4.78 is 2.20. The third-order valence-corrected chi connectivity index (χ3v) is 3.73. The Morgan fingerprint density at radius 3 is 3.12 bits per heavy atom. The van der Waals surface area contributed by atoms with Crippen LogP contribution in [0.5, 0.6) is 0 Å². The second-order valence-corrected chi connectivity index (χ2v) is 5.26. The highest BCUT2D eigenvalue weighted by Crippen LogP contribution is 2.47. The van der Waals surface area contributed by atoms with Crippen molar-refractivity contribution in [3.63, 3.8) is 0 Å². The Hall–Kier alpha value is -0.830. The van der Waals surface area contributed by atoms with E-state index in [0.717, 1.165) is 24.4 Å². The molecule has 0 aromatic carbocycles. The molecule has 2 aliphatic carbocycles. The molecule has 1 N–H and O–H groups in total. The van der Waals surface area contributed by atoms with Crippen LogP contribution < -0.4 is 5.32 Å². The van der Waals surface area contributed by atoms with E-state index in [0.29, 0.717) is 0 Å². The van der Waals surface area contributed by atoms with E-state index in [1.807, 2.05) is 6.20 Å². The first-order valence-corrected chi connectivity index (χ1v) is 6.63. The molecule has 1 heterocycles. The van der Waals surface area contributed by atoms with Gasteiger partial charge in [0, 0.05) is 30.4 Å². The molecule has 2 aliphatic rings. The summed E-state index contributed by atoms with van der Waals surface area (Å²) in [4.78, 5) is 0. The molecule has 3 nitrogen and oxygen atoms in total. The monoisotopic (exact) mass is 219 g/mol. The van der Waals surface area contributed by atoms with Crippen LogP contribution in [-0.2, 0) is 6.54 Å². The first kappa shape index (κ1) is 10.3. The van der Waals surface area contributed by atoms with Gasteiger partial charge in [-0.05, 0) is 44.2 Å². The molecule has 0 spiro atoms. The zero-order chi connectivity index (χ0) is 11.0. The van der Waals surface area contributed by atoms with Crippen LogP contribution in [0.3, 0.4) is 0 Å². The molecular weight excluding hydrogens is 198 g/mol. The van der Waals surface area contributed by atoms with Gasteiger partial charge in [-0.1, -0.05) is 6.92 Å². The van der Waals surface area contributed by atoms with Crippen molar-refractivity contribution in [2.75, 3.05) is 6.54 Å². The van der Waals surface area contributed by atoms with Gasteiger partial charge in [0.25, 0.3) is 0 Å². The second-order valence-electron chi connectivity index (χ2n) is 5.26. The van der Waals surface area contributed by atoms with E-state index in [-0.39, 0.29) is 0 Å². The van der Waals surface area contributed by atoms with Crippen LogP contribution in [-0.4, -0.2) is 22.4 Å². The van der Waals surface area contributed by atoms with Crippen molar-refractivity contribution in [3.05, 3.63) is 18.0 Å². The number of aryl methyl sites for hydroxylation is 1. The van der Waals surface area contributed by atoms with E-state index in [1.165, 1.54) is 37.9 Å². The van der Waals surface area contributed by atoms with Crippen LogP contribution in [0, 0.1) is 5.92 Å². The zero-order valence-electron chi connectivity index (χ0n) is 10.0. The Balaban J connectivity index is 1.54. The summed E-state index contributed by atoms with van der Waals surface area (Å²) >= 11 is 0. The van der Waals surface area contributed by atoms with Crippen LogP contribution in [0.15, 0.2) is 12.3 Å². The predicted molar refractivity (Wildman–Crippen MR) is 64.4 cm³/mol. The van der Waals surface area contributed by atoms with Crippen LogP contribution in [0.2, 0.25) is 0 Å². The van der Waals surface area contributed by atoms with Crippen molar-refractivity contribution in [3.8, 4) is 0 Å². The molecule has 1 aromatic heterocycles. The average Bonchev–Trinajstić information content (AvgIpc) is 3.18. The minimum atomic E-state index is 0.778. The van der Waals surface area contributed by atoms with Crippen molar-refractivity contribution in [1.82, 2.24) is 15.1 Å². The highest BCUT2D eigenvalue weighted by atomic mass is 15.3. The molecule has 0 saturated heterocycles. The molecular formula is C13H21N3. The minimum Gasteiger partial charge on any atom is -0.314 e. The van der Waals surface area contributed by atoms with Crippen molar-refractivity contribution in [2.24, 2.45) is 5.92 Å². The van der Waals surface area contributed by atoms with Crippen molar-refractivity contribution in [2.45, 2.75) is 51.1 Å². The maximum Gasteiger partial charge on any atom is 0.0492 e. The molecule has 0 aliphatic heterocycles. The van der Waals surface area contributed by atoms with E-state index >= 15 is 0 Å². The molecule has 2 atom stereocenters. The molecule has 3 heteroatoms. The van der Waals surface area contributed by atoms with Gasteiger partial charge >= 0.3 is 0 Å². The Bertz CT molecular complexity index is 354. The number of nitrogens with zero attached hydrogens (tertiary/aromatic N) is 2. The van der Waals surface area contributed by atoms with Gasteiger partial charge in [0.2, 0.25) is 0 Å². The molecule has 0 radical (unpaired) electrons. The summed E-state index contributed by atoms with van der Waals surface area (Å²) in [5, 5.41) is 8.04. The first-order chi connectivity index (χ1) is 7.88. The first-order valence-electron chi connectivity index (χ1n) is 6.63. The van der Waals surface area contributed by atoms with E-state index in [9.17, 15) is 0 Å². The predicted octanol–water partition coefficient (Wildman–Crippen LogP) is 2.15. The Morgan fingerprint density at radius 1 is 1.50 bits per heavy atom. The lowest BCUT2D eigenvalue weighted by Gasteiger charge is -2.06. The summed E-state index contributed by atoms with van der Waals surface area (Å²) in [6.45, 7) is 4.50. The summed E-state index contributed by atoms with van der Waals surface area (Å²) in [6, 6.07) is 3.05. The molecule has 1 aromatic rings. The van der Waals surface area contributed by atoms with E-state index in [1.54, 1.807) is 0 Å². The van der Waals surface area contributed by atoms with E-state index in [2.05, 4.69) is 28.1 Å². The number of hydrogen-bond acceptors (Lipinski definition) is 2. The molecule has 2 saturated carbocycles. The van der Waals surface area contributed by atoms with Crippen molar-refractivity contribution < 1.29 is 0 Å². The van der Waals surface area contributed by atoms with Gasteiger partial charge in [-0.3, -0.25) is 4.68 Å². The minimum absolute atomic E-state index is 0.778. The summed E-state index contributed by atoms with van der Waals surface area (Å²) in [5.41, 5.74) is 1.46. The molecule has 2 unspecified atom stereocenters. The number of aromatic nitrogens is 2. The van der Waals surface area contributed by atoms with Gasteiger partial charge in [-0.25, -0.2) is 0 Å². The van der Waals surface area contributed by atoms with Crippen LogP contribution in [0.1, 0.15) is 44.2 Å². The summed E-state index contributed by atoms with van der Waals surface area (Å²) in [5.74, 6) is 1.65. The summed E-state index contributed by atoms with van der Waals surface area (Å²) in [6.07, 6.45) is 7.27. The SMILES string of the molecule is CCCn1nccc1C1CC1CNC1CC1. The van der Waals surface area contributed by atoms with Gasteiger partial charge in [0.05, 0.1) is 0 Å². The lowest BCUT2D eigenvalue weighted by Crippen LogP contribution is -2.19. The average molecular weight is 219 g/mol. The maximum atomic E-state index is 4.41. The molecule has 88 valence electrons. The lowest BCUT2D eigenvalue weighted by molar-refractivity contribution is 0.559. The molecule has 0 bridgehead atoms. The Labute approximate surface area is 97.2 Å². The Morgan fingerprint density at radius 2 is 2.38 bits per heavy atom. The topological polar surface area (TPSA) is 29.9 Å². The third-order valence-electron chi connectivity index (χ3n) is 3.73. The highest BCUT2D eigenvalue weighted by Gasteiger charge is 2.40. The van der Waals surface area contributed by atoms with Crippen molar-refractivity contribution in [1.29, 1.82) is 0 Å². The van der Waals surface area contributed by atoms with Gasteiger partial charge in [-0.2, -0.15) is 5.10 Å². The van der Waals surface area contributed by atoms with Crippen LogP contribution in [0.4, 0.5) is 0 Å². The Kier molecular flexibility index (Phi) is 2.72. The fraction of sp³-hybridized carbons (Fsp3) is 0.769. The smallest absolute Gasteiger partial charge is 0.0492 e. The van der Waals surface area contributed by atoms with Crippen LogP contribution in [0.25, 0.3) is 0 Å². The molecule has 2 fully saturated rings. The third kappa shape index (κ3) is 2.14. The maximum absolute atomic E-state index is 4.41. The number of rotatable bonds is 6. The van der Waals surface area contributed by atoms with E-state index in [4.69, 9.17) is 0 Å². The lowest BCUT2D eigenvalue weighted by atomic mass is 10.2. The normalized spacial score (nSPS) is 28.3. The fourth-order valence-electron chi connectivity index (χ4n) is 2.50. The van der Waals surface area contributed by atoms with Crippen LogP contribution >= 0.6 is 0 Å². The second kappa shape index (κ2) is 4.21. The quantitative estimate of drug-likeness (QED) is 0.794. The van der Waals surface area contributed by atoms with Gasteiger partial charge in [0.15, 0.2) is 0 Å². The fourth-order valence-corrected chi connectivity index (χ4v) is 2.50. The molecule has 3 rings (SSSR count). The summed E-state index contributed by atoms with van der Waals surface area (Å²) in [7, 11) is 0. The van der Waals surface area contributed by atoms with Gasteiger partial charge < -0.3 is 5.32 Å².